The summed E-state index contributed by atoms with van der Waals surface area (Å²) in [5.74, 6) is -1.37. The number of benzene rings is 2. The van der Waals surface area contributed by atoms with Crippen molar-refractivity contribution in [3.8, 4) is 0 Å². The molecule has 1 heterocycles. The fraction of sp³-hybridized carbons (Fsp3) is 0.176. The van der Waals surface area contributed by atoms with E-state index in [4.69, 9.17) is 4.74 Å². The van der Waals surface area contributed by atoms with E-state index in [2.05, 4.69) is 15.9 Å². The van der Waals surface area contributed by atoms with Gasteiger partial charge in [-0.15, -0.1) is 0 Å². The molecule has 0 radical (unpaired) electrons. The van der Waals surface area contributed by atoms with E-state index in [1.807, 2.05) is 0 Å². The van der Waals surface area contributed by atoms with Crippen LogP contribution in [0.2, 0.25) is 0 Å². The summed E-state index contributed by atoms with van der Waals surface area (Å²) in [5, 5.41) is 0. The lowest BCUT2D eigenvalue weighted by Gasteiger charge is -2.18. The van der Waals surface area contributed by atoms with Gasteiger partial charge in [0.1, 0.15) is 5.82 Å². The minimum absolute atomic E-state index is 0.0178. The van der Waals surface area contributed by atoms with Crippen molar-refractivity contribution in [3.63, 3.8) is 0 Å². The Kier molecular flexibility index (Phi) is 4.17. The van der Waals surface area contributed by atoms with Gasteiger partial charge in [-0.1, -0.05) is 15.9 Å². The van der Waals surface area contributed by atoms with Crippen LogP contribution in [0, 0.1) is 5.82 Å². The van der Waals surface area contributed by atoms with Gasteiger partial charge in [0.15, 0.2) is 0 Å². The molecule has 0 aromatic heterocycles. The first-order chi connectivity index (χ1) is 11.0. The second-order valence-corrected chi connectivity index (χ2v) is 6.08. The number of fused-ring (bicyclic) bond motifs is 1. The highest BCUT2D eigenvalue weighted by molar-refractivity contribution is 9.10. The van der Waals surface area contributed by atoms with Gasteiger partial charge in [-0.3, -0.25) is 4.79 Å². The van der Waals surface area contributed by atoms with E-state index in [-0.39, 0.29) is 5.56 Å². The molecule has 0 atom stereocenters. The number of rotatable bonds is 2. The zero-order chi connectivity index (χ0) is 16.6. The molecule has 23 heavy (non-hydrogen) atoms. The predicted molar refractivity (Wildman–Crippen MR) is 87.3 cm³/mol. The molecule has 2 aromatic carbocycles. The van der Waals surface area contributed by atoms with Gasteiger partial charge in [-0.05, 0) is 48.4 Å². The van der Waals surface area contributed by atoms with E-state index in [1.54, 1.807) is 24.3 Å². The fourth-order valence-corrected chi connectivity index (χ4v) is 3.03. The summed E-state index contributed by atoms with van der Waals surface area (Å²) in [6.07, 6.45) is 0.613. The maximum absolute atomic E-state index is 13.9. The van der Waals surface area contributed by atoms with Crippen molar-refractivity contribution < 1.29 is 18.7 Å². The Morgan fingerprint density at radius 2 is 2.00 bits per heavy atom. The molecule has 1 aliphatic rings. The summed E-state index contributed by atoms with van der Waals surface area (Å²) in [5.41, 5.74) is 2.03. The minimum atomic E-state index is -0.558. The summed E-state index contributed by atoms with van der Waals surface area (Å²) < 4.78 is 19.3. The van der Waals surface area contributed by atoms with Crippen molar-refractivity contribution >= 4 is 33.5 Å². The van der Waals surface area contributed by atoms with Crippen LogP contribution in [0.1, 0.15) is 26.3 Å². The predicted octanol–water partition coefficient (Wildman–Crippen LogP) is 3.58. The molecule has 0 saturated carbocycles. The topological polar surface area (TPSA) is 46.6 Å². The van der Waals surface area contributed by atoms with Crippen LogP contribution in [0.5, 0.6) is 0 Å². The monoisotopic (exact) mass is 377 g/mol. The molecule has 2 aromatic rings. The second-order valence-electron chi connectivity index (χ2n) is 5.17. The van der Waals surface area contributed by atoms with Crippen molar-refractivity contribution in [2.45, 2.75) is 6.42 Å². The van der Waals surface area contributed by atoms with Gasteiger partial charge in [-0.25, -0.2) is 9.18 Å². The molecule has 0 N–H and O–H groups in total. The average Bonchev–Trinajstić information content (AvgIpc) is 2.98. The summed E-state index contributed by atoms with van der Waals surface area (Å²) in [6, 6.07) is 9.29. The third kappa shape index (κ3) is 2.86. The largest absolute Gasteiger partial charge is 0.465 e. The van der Waals surface area contributed by atoms with Crippen LogP contribution in [0.15, 0.2) is 40.9 Å². The van der Waals surface area contributed by atoms with Crippen LogP contribution >= 0.6 is 15.9 Å². The molecule has 118 valence electrons. The Morgan fingerprint density at radius 3 is 2.74 bits per heavy atom. The van der Waals surface area contributed by atoms with Crippen molar-refractivity contribution in [2.75, 3.05) is 18.6 Å². The molecule has 6 heteroatoms. The zero-order valence-electron chi connectivity index (χ0n) is 12.3. The maximum atomic E-state index is 13.9. The first kappa shape index (κ1) is 15.7. The Labute approximate surface area is 141 Å². The molecule has 3 rings (SSSR count). The molecule has 0 saturated heterocycles. The number of nitrogens with zero attached hydrogens (tertiary/aromatic N) is 1. The van der Waals surface area contributed by atoms with Crippen LogP contribution in [0.3, 0.4) is 0 Å². The Morgan fingerprint density at radius 1 is 1.22 bits per heavy atom. The lowest BCUT2D eigenvalue weighted by atomic mass is 10.1. The Balaban J connectivity index is 1.95. The van der Waals surface area contributed by atoms with Gasteiger partial charge in [-0.2, -0.15) is 0 Å². The Hall–Kier alpha value is -2.21. The number of carbonyl (C=O) groups excluding carboxylic acids is 2. The third-order valence-electron chi connectivity index (χ3n) is 3.80. The SMILES string of the molecule is COC(=O)c1ccc2c(c1)CCN2C(=O)c1cc(Br)ccc1F. The summed E-state index contributed by atoms with van der Waals surface area (Å²) in [7, 11) is 1.32. The van der Waals surface area contributed by atoms with Crippen LogP contribution in [-0.2, 0) is 11.2 Å². The lowest BCUT2D eigenvalue weighted by molar-refractivity contribution is 0.0600. The highest BCUT2D eigenvalue weighted by Crippen LogP contribution is 2.31. The van der Waals surface area contributed by atoms with Gasteiger partial charge in [0, 0.05) is 16.7 Å². The quantitative estimate of drug-likeness (QED) is 0.751. The van der Waals surface area contributed by atoms with E-state index in [0.717, 1.165) is 5.56 Å². The molecule has 4 nitrogen and oxygen atoms in total. The molecule has 0 fully saturated rings. The van der Waals surface area contributed by atoms with Crippen molar-refractivity contribution in [1.29, 1.82) is 0 Å². The Bertz CT molecular complexity index is 806. The fourth-order valence-electron chi connectivity index (χ4n) is 2.66. The van der Waals surface area contributed by atoms with E-state index in [1.165, 1.54) is 24.1 Å². The van der Waals surface area contributed by atoms with Crippen LogP contribution in [-0.4, -0.2) is 25.5 Å². The number of amides is 1. The highest BCUT2D eigenvalue weighted by atomic mass is 79.9. The van der Waals surface area contributed by atoms with E-state index >= 15 is 0 Å². The summed E-state index contributed by atoms with van der Waals surface area (Å²) in [4.78, 5) is 25.7. The highest BCUT2D eigenvalue weighted by Gasteiger charge is 2.28. The third-order valence-corrected chi connectivity index (χ3v) is 4.29. The number of carbonyl (C=O) groups is 2. The van der Waals surface area contributed by atoms with Crippen LogP contribution in [0.4, 0.5) is 10.1 Å². The molecule has 0 spiro atoms. The number of esters is 1. The standard InChI is InChI=1S/C17H13BrFNO3/c1-23-17(22)11-2-5-15-10(8-11)6-7-20(15)16(21)13-9-12(18)3-4-14(13)19/h2-5,8-9H,6-7H2,1H3. The molecular weight excluding hydrogens is 365 g/mol. The van der Waals surface area contributed by atoms with E-state index < -0.39 is 17.7 Å². The first-order valence-electron chi connectivity index (χ1n) is 6.99. The summed E-state index contributed by atoms with van der Waals surface area (Å²) in [6.45, 7) is 0.449. The molecule has 0 unspecified atom stereocenters. The number of hydrogen-bond acceptors (Lipinski definition) is 3. The van der Waals surface area contributed by atoms with Crippen LogP contribution in [0.25, 0.3) is 0 Å². The first-order valence-corrected chi connectivity index (χ1v) is 7.78. The van der Waals surface area contributed by atoms with Gasteiger partial charge >= 0.3 is 5.97 Å². The lowest BCUT2D eigenvalue weighted by Crippen LogP contribution is -2.29. The second kappa shape index (κ2) is 6.12. The smallest absolute Gasteiger partial charge is 0.337 e. The minimum Gasteiger partial charge on any atom is -0.465 e. The van der Waals surface area contributed by atoms with Crippen LogP contribution < -0.4 is 4.90 Å². The van der Waals surface area contributed by atoms with E-state index in [0.29, 0.717) is 28.7 Å². The molecule has 1 amide bonds. The van der Waals surface area contributed by atoms with Crippen molar-refractivity contribution in [1.82, 2.24) is 0 Å². The number of hydrogen-bond donors (Lipinski definition) is 0. The number of methoxy groups -OCH3 is 1. The van der Waals surface area contributed by atoms with Gasteiger partial charge in [0.05, 0.1) is 18.2 Å². The molecule has 1 aliphatic heterocycles. The van der Waals surface area contributed by atoms with Crippen molar-refractivity contribution in [2.24, 2.45) is 0 Å². The van der Waals surface area contributed by atoms with Gasteiger partial charge in [0.25, 0.3) is 5.91 Å². The molecular formula is C17H13BrFNO3. The normalized spacial score (nSPS) is 12.9. The van der Waals surface area contributed by atoms with Crippen molar-refractivity contribution in [3.05, 3.63) is 63.4 Å². The number of anilines is 1. The maximum Gasteiger partial charge on any atom is 0.337 e. The van der Waals surface area contributed by atoms with Gasteiger partial charge < -0.3 is 9.64 Å². The van der Waals surface area contributed by atoms with Gasteiger partial charge in [0.2, 0.25) is 0 Å². The van der Waals surface area contributed by atoms with E-state index in [9.17, 15) is 14.0 Å². The number of halogens is 2. The zero-order valence-corrected chi connectivity index (χ0v) is 13.9. The summed E-state index contributed by atoms with van der Waals surface area (Å²) >= 11 is 3.25. The number of ether oxygens (including phenoxy) is 1. The molecule has 0 aliphatic carbocycles. The average molecular weight is 378 g/mol. The molecule has 0 bridgehead atoms.